The third kappa shape index (κ3) is 4.84. The summed E-state index contributed by atoms with van der Waals surface area (Å²) in [6.07, 6.45) is 1.51. The van der Waals surface area contributed by atoms with Crippen LogP contribution in [0.3, 0.4) is 0 Å². The number of rotatable bonds is 6. The second-order valence-corrected chi connectivity index (χ2v) is 9.18. The Morgan fingerprint density at radius 2 is 1.92 bits per heavy atom. The molecule has 1 fully saturated rings. The molecule has 0 saturated carbocycles. The van der Waals surface area contributed by atoms with E-state index in [0.717, 1.165) is 11.6 Å². The Morgan fingerprint density at radius 1 is 1.14 bits per heavy atom. The number of aliphatic hydroxyl groups excluding tert-OH is 1. The van der Waals surface area contributed by atoms with E-state index in [4.69, 9.17) is 4.74 Å². The Balaban J connectivity index is 1.54. The Hall–Kier alpha value is -4.05. The van der Waals surface area contributed by atoms with E-state index in [9.17, 15) is 28.3 Å². The maximum absolute atomic E-state index is 14.1. The molecule has 192 valence electrons. The molecular weight excluding hydrogens is 484 g/mol. The number of carbonyl (C=O) groups is 2. The van der Waals surface area contributed by atoms with Crippen LogP contribution in [0.2, 0.25) is 0 Å². The minimum atomic E-state index is -0.832. The number of ether oxygens (including phenoxy) is 1. The summed E-state index contributed by atoms with van der Waals surface area (Å²) < 4.78 is 34.6. The molecule has 1 unspecified atom stereocenters. The van der Waals surface area contributed by atoms with E-state index in [1.165, 1.54) is 16.8 Å². The van der Waals surface area contributed by atoms with Crippen molar-refractivity contribution in [2.75, 3.05) is 13.1 Å². The second-order valence-electron chi connectivity index (χ2n) is 9.18. The zero-order valence-electron chi connectivity index (χ0n) is 19.8. The van der Waals surface area contributed by atoms with Gasteiger partial charge in [0, 0.05) is 37.5 Å². The molecule has 2 aliphatic heterocycles. The summed E-state index contributed by atoms with van der Waals surface area (Å²) in [6.45, 7) is 0.362. The molecule has 2 bridgehead atoms. The molecule has 5 rings (SSSR count). The van der Waals surface area contributed by atoms with E-state index < -0.39 is 41.0 Å². The average molecular weight is 510 g/mol. The highest BCUT2D eigenvalue weighted by molar-refractivity contribution is 5.99. The summed E-state index contributed by atoms with van der Waals surface area (Å²) in [5, 5.41) is 13.3. The lowest BCUT2D eigenvalue weighted by Gasteiger charge is -2.36. The van der Waals surface area contributed by atoms with Crippen LogP contribution in [0, 0.1) is 11.6 Å². The van der Waals surface area contributed by atoms with E-state index in [2.05, 4.69) is 5.32 Å². The number of nitrogens with one attached hydrogen (secondary N) is 1. The topological polar surface area (TPSA) is 101 Å². The van der Waals surface area contributed by atoms with Crippen molar-refractivity contribution in [2.45, 2.75) is 38.1 Å². The molecule has 0 aliphatic carbocycles. The lowest BCUT2D eigenvalue weighted by molar-refractivity contribution is 0.0554. The molecule has 2 amide bonds. The number of pyridine rings is 1. The average Bonchev–Trinajstić information content (AvgIpc) is 3.06. The van der Waals surface area contributed by atoms with Crippen molar-refractivity contribution in [1.82, 2.24) is 14.8 Å². The Bertz CT molecular complexity index is 1410. The van der Waals surface area contributed by atoms with Gasteiger partial charge in [-0.05, 0) is 24.5 Å². The molecule has 0 spiro atoms. The quantitative estimate of drug-likeness (QED) is 0.532. The van der Waals surface area contributed by atoms with Crippen molar-refractivity contribution >= 4 is 11.8 Å². The third-order valence-corrected chi connectivity index (χ3v) is 6.74. The fraction of sp³-hybridized carbons (Fsp3) is 0.296. The smallest absolute Gasteiger partial charge is 0.274 e. The van der Waals surface area contributed by atoms with Gasteiger partial charge in [-0.1, -0.05) is 36.4 Å². The Labute approximate surface area is 211 Å². The van der Waals surface area contributed by atoms with Gasteiger partial charge in [-0.3, -0.25) is 14.4 Å². The van der Waals surface area contributed by atoms with E-state index in [-0.39, 0.29) is 42.3 Å². The van der Waals surface area contributed by atoms with Gasteiger partial charge in [-0.25, -0.2) is 8.78 Å². The summed E-state index contributed by atoms with van der Waals surface area (Å²) in [5.74, 6) is -3.08. The van der Waals surface area contributed by atoms with E-state index >= 15 is 0 Å². The molecule has 0 radical (unpaired) electrons. The lowest BCUT2D eigenvalue weighted by atomic mass is 10.0. The molecular formula is C27H25F2N3O5. The predicted octanol–water partition coefficient (Wildman–Crippen LogP) is 2.79. The molecule has 2 N–H and O–H groups in total. The number of aromatic nitrogens is 1. The van der Waals surface area contributed by atoms with Crippen molar-refractivity contribution < 1.29 is 28.2 Å². The normalized spacial score (nSPS) is 18.7. The monoisotopic (exact) mass is 509 g/mol. The summed E-state index contributed by atoms with van der Waals surface area (Å²) in [5.41, 5.74) is -0.324. The molecule has 8 nitrogen and oxygen atoms in total. The minimum absolute atomic E-state index is 0.0146. The second kappa shape index (κ2) is 10.1. The van der Waals surface area contributed by atoms with Gasteiger partial charge in [-0.15, -0.1) is 0 Å². The minimum Gasteiger partial charge on any atom is -0.483 e. The maximum atomic E-state index is 14.1. The summed E-state index contributed by atoms with van der Waals surface area (Å²) >= 11 is 0. The number of nitrogens with zero attached hydrogens (tertiary/aromatic N) is 2. The fourth-order valence-corrected chi connectivity index (χ4v) is 4.77. The summed E-state index contributed by atoms with van der Waals surface area (Å²) in [6, 6.07) is 11.4. The molecule has 1 saturated heterocycles. The van der Waals surface area contributed by atoms with Crippen LogP contribution < -0.4 is 15.5 Å². The van der Waals surface area contributed by atoms with Gasteiger partial charge in [-0.2, -0.15) is 0 Å². The van der Waals surface area contributed by atoms with Gasteiger partial charge in [0.05, 0.1) is 12.1 Å². The van der Waals surface area contributed by atoms with Gasteiger partial charge in [0.15, 0.2) is 11.4 Å². The number of aliphatic hydroxyl groups is 1. The van der Waals surface area contributed by atoms with Crippen molar-refractivity contribution in [1.29, 1.82) is 0 Å². The highest BCUT2D eigenvalue weighted by Crippen LogP contribution is 2.33. The molecule has 3 heterocycles. The van der Waals surface area contributed by atoms with Crippen molar-refractivity contribution in [3.05, 3.63) is 99.0 Å². The van der Waals surface area contributed by atoms with Crippen LogP contribution in [0.1, 0.15) is 50.9 Å². The van der Waals surface area contributed by atoms with Crippen LogP contribution in [0.4, 0.5) is 8.78 Å². The molecule has 10 heteroatoms. The Kier molecular flexibility index (Phi) is 6.75. The van der Waals surface area contributed by atoms with Gasteiger partial charge in [0.1, 0.15) is 23.8 Å². The van der Waals surface area contributed by atoms with Gasteiger partial charge in [0.25, 0.3) is 11.8 Å². The van der Waals surface area contributed by atoms with Crippen molar-refractivity contribution in [2.24, 2.45) is 0 Å². The molecule has 2 atom stereocenters. The van der Waals surface area contributed by atoms with E-state index in [1.807, 2.05) is 6.07 Å². The van der Waals surface area contributed by atoms with Gasteiger partial charge in [0.2, 0.25) is 5.43 Å². The maximum Gasteiger partial charge on any atom is 0.274 e. The largest absolute Gasteiger partial charge is 0.483 e. The summed E-state index contributed by atoms with van der Waals surface area (Å²) in [4.78, 5) is 41.5. The Morgan fingerprint density at radius 3 is 2.68 bits per heavy atom. The van der Waals surface area contributed by atoms with Crippen LogP contribution in [-0.4, -0.2) is 45.6 Å². The SMILES string of the molecule is O=C(NCc1ccc(F)cc1F)c1cn2c(c(OCc3ccccc3)c1=O)C(=O)N1CCCC(O)[C@H]2C1. The van der Waals surface area contributed by atoms with Crippen LogP contribution in [0.25, 0.3) is 0 Å². The fourth-order valence-electron chi connectivity index (χ4n) is 4.77. The number of hydrogen-bond acceptors (Lipinski definition) is 5. The number of amides is 2. The zero-order valence-corrected chi connectivity index (χ0v) is 19.8. The van der Waals surface area contributed by atoms with E-state index in [1.54, 1.807) is 29.2 Å². The number of carbonyl (C=O) groups excluding carboxylic acids is 2. The highest BCUT2D eigenvalue weighted by atomic mass is 19.1. The standard InChI is InChI=1S/C27H25F2N3O5/c28-18-9-8-17(20(29)11-18)12-30-26(35)19-13-32-21-14-31(10-4-7-22(21)33)27(36)23(32)25(24(19)34)37-15-16-5-2-1-3-6-16/h1-3,5-6,8-9,11,13,21-22,33H,4,7,10,12,14-15H2,(H,30,35)/t21-,22?/m1/s1. The van der Waals surface area contributed by atoms with E-state index in [0.29, 0.717) is 25.5 Å². The van der Waals surface area contributed by atoms with Crippen molar-refractivity contribution in [3.63, 3.8) is 0 Å². The molecule has 3 aromatic rings. The molecule has 2 aliphatic rings. The first-order chi connectivity index (χ1) is 17.8. The molecule has 1 aromatic heterocycles. The number of fused-ring (bicyclic) bond motifs is 4. The summed E-state index contributed by atoms with van der Waals surface area (Å²) in [7, 11) is 0. The number of halogens is 2. The third-order valence-electron chi connectivity index (χ3n) is 6.74. The number of benzene rings is 2. The number of hydrogen-bond donors (Lipinski definition) is 2. The zero-order chi connectivity index (χ0) is 26.1. The van der Waals surface area contributed by atoms with Crippen LogP contribution in [-0.2, 0) is 13.2 Å². The van der Waals surface area contributed by atoms with Crippen molar-refractivity contribution in [3.8, 4) is 5.75 Å². The lowest BCUT2D eigenvalue weighted by Crippen LogP contribution is -2.47. The predicted molar refractivity (Wildman–Crippen MR) is 129 cm³/mol. The van der Waals surface area contributed by atoms with Gasteiger partial charge < -0.3 is 24.6 Å². The highest BCUT2D eigenvalue weighted by Gasteiger charge is 2.40. The molecule has 37 heavy (non-hydrogen) atoms. The van der Waals surface area contributed by atoms with Crippen LogP contribution in [0.15, 0.2) is 59.5 Å². The first-order valence-electron chi connectivity index (χ1n) is 12.0. The van der Waals surface area contributed by atoms with Gasteiger partial charge >= 0.3 is 0 Å². The molecule has 2 aromatic carbocycles. The first-order valence-corrected chi connectivity index (χ1v) is 12.0. The first kappa shape index (κ1) is 24.6. The van der Waals surface area contributed by atoms with Crippen LogP contribution >= 0.6 is 0 Å². The van der Waals surface area contributed by atoms with Crippen LogP contribution in [0.5, 0.6) is 5.75 Å².